The molecule has 0 atom stereocenters. The first-order chi connectivity index (χ1) is 4.04. The number of ketones is 1. The van der Waals surface area contributed by atoms with Gasteiger partial charge < -0.3 is 0 Å². The molecule has 0 saturated heterocycles. The van der Waals surface area contributed by atoms with Gasteiger partial charge in [0.25, 0.3) is 0 Å². The molecule has 2 nitrogen and oxygen atoms in total. The second-order valence-electron chi connectivity index (χ2n) is 1.76. The summed E-state index contributed by atoms with van der Waals surface area (Å²) in [6, 6.07) is 0. The van der Waals surface area contributed by atoms with Crippen LogP contribution in [-0.4, -0.2) is 11.0 Å². The van der Waals surface area contributed by atoms with E-state index in [4.69, 9.17) is 11.6 Å². The van der Waals surface area contributed by atoms with E-state index in [2.05, 4.69) is 6.58 Å². The van der Waals surface area contributed by atoms with Crippen LogP contribution in [-0.2, 0) is 9.59 Å². The standard InChI is InChI=1S/C6H7ClO2/c1-4(6(7)9)3-5(2)8/h1,3H2,2H3. The van der Waals surface area contributed by atoms with Crippen molar-refractivity contribution in [3.8, 4) is 0 Å². The van der Waals surface area contributed by atoms with Crippen molar-refractivity contribution in [2.75, 3.05) is 0 Å². The molecule has 0 rings (SSSR count). The first kappa shape index (κ1) is 8.37. The van der Waals surface area contributed by atoms with Gasteiger partial charge in [-0.25, -0.2) is 0 Å². The van der Waals surface area contributed by atoms with Crippen molar-refractivity contribution in [2.45, 2.75) is 13.3 Å². The molecule has 0 spiro atoms. The van der Waals surface area contributed by atoms with Gasteiger partial charge in [0.05, 0.1) is 0 Å². The third-order valence-corrected chi connectivity index (χ3v) is 1.01. The normalized spacial score (nSPS) is 8.67. The zero-order valence-corrected chi connectivity index (χ0v) is 5.86. The molecule has 0 fully saturated rings. The molecule has 0 unspecified atom stereocenters. The van der Waals surface area contributed by atoms with Crippen molar-refractivity contribution in [1.82, 2.24) is 0 Å². The van der Waals surface area contributed by atoms with Crippen molar-refractivity contribution >= 4 is 22.6 Å². The summed E-state index contributed by atoms with van der Waals surface area (Å²) in [4.78, 5) is 20.5. The number of hydrogen-bond donors (Lipinski definition) is 0. The van der Waals surface area contributed by atoms with Crippen LogP contribution in [0, 0.1) is 0 Å². The van der Waals surface area contributed by atoms with Gasteiger partial charge in [-0.3, -0.25) is 9.59 Å². The zero-order chi connectivity index (χ0) is 7.44. The van der Waals surface area contributed by atoms with E-state index in [1.54, 1.807) is 0 Å². The Labute approximate surface area is 58.5 Å². The third-order valence-electron chi connectivity index (χ3n) is 0.740. The highest BCUT2D eigenvalue weighted by Crippen LogP contribution is 2.02. The first-order valence-corrected chi connectivity index (χ1v) is 2.79. The lowest BCUT2D eigenvalue weighted by Crippen LogP contribution is -1.97. The summed E-state index contributed by atoms with van der Waals surface area (Å²) in [5.74, 6) is -0.103. The third kappa shape index (κ3) is 3.91. The van der Waals surface area contributed by atoms with Crippen molar-refractivity contribution in [3.63, 3.8) is 0 Å². The highest BCUT2D eigenvalue weighted by Gasteiger charge is 2.04. The average Bonchev–Trinajstić information content (AvgIpc) is 1.63. The van der Waals surface area contributed by atoms with E-state index in [0.717, 1.165) is 0 Å². The molecule has 50 valence electrons. The minimum absolute atomic E-state index is 0.0579. The number of carbonyl (C=O) groups is 2. The Morgan fingerprint density at radius 3 is 2.11 bits per heavy atom. The molecule has 0 heterocycles. The fraction of sp³-hybridized carbons (Fsp3) is 0.333. The van der Waals surface area contributed by atoms with Crippen molar-refractivity contribution in [1.29, 1.82) is 0 Å². The summed E-state index contributed by atoms with van der Waals surface area (Å²) in [6.45, 7) is 4.67. The monoisotopic (exact) mass is 146 g/mol. The highest BCUT2D eigenvalue weighted by atomic mass is 35.5. The summed E-state index contributed by atoms with van der Waals surface area (Å²) in [5, 5.41) is -0.634. The van der Waals surface area contributed by atoms with Crippen molar-refractivity contribution in [3.05, 3.63) is 12.2 Å². The lowest BCUT2D eigenvalue weighted by atomic mass is 10.2. The second-order valence-corrected chi connectivity index (χ2v) is 2.10. The highest BCUT2D eigenvalue weighted by molar-refractivity contribution is 6.67. The predicted octanol–water partition coefficient (Wildman–Crippen LogP) is 1.29. The van der Waals surface area contributed by atoms with Gasteiger partial charge in [-0.05, 0) is 18.5 Å². The maximum atomic E-state index is 10.3. The van der Waals surface area contributed by atoms with E-state index in [1.807, 2.05) is 0 Å². The van der Waals surface area contributed by atoms with Crippen LogP contribution in [0.25, 0.3) is 0 Å². The molecule has 0 aromatic carbocycles. The predicted molar refractivity (Wildman–Crippen MR) is 35.3 cm³/mol. The molecule has 0 aliphatic rings. The Hall–Kier alpha value is -0.630. The van der Waals surface area contributed by atoms with E-state index in [9.17, 15) is 9.59 Å². The molecule has 0 aliphatic carbocycles. The number of halogens is 1. The van der Waals surface area contributed by atoms with Gasteiger partial charge >= 0.3 is 0 Å². The van der Waals surface area contributed by atoms with Crippen LogP contribution in [0.4, 0.5) is 0 Å². The zero-order valence-electron chi connectivity index (χ0n) is 5.11. The number of Topliss-reactive ketones (excluding diaryl/α,β-unsaturated/α-hetero) is 1. The van der Waals surface area contributed by atoms with Gasteiger partial charge in [-0.2, -0.15) is 0 Å². The fourth-order valence-electron chi connectivity index (χ4n) is 0.370. The lowest BCUT2D eigenvalue weighted by molar-refractivity contribution is -0.117. The van der Waals surface area contributed by atoms with Gasteiger partial charge in [0.1, 0.15) is 5.78 Å². The average molecular weight is 147 g/mol. The number of carbonyl (C=O) groups excluding carboxylic acids is 2. The quantitative estimate of drug-likeness (QED) is 0.444. The molecular weight excluding hydrogens is 140 g/mol. The van der Waals surface area contributed by atoms with Gasteiger partial charge in [-0.1, -0.05) is 6.58 Å². The smallest absolute Gasteiger partial charge is 0.248 e. The van der Waals surface area contributed by atoms with Crippen LogP contribution in [0.3, 0.4) is 0 Å². The summed E-state index contributed by atoms with van der Waals surface area (Å²) >= 11 is 4.98. The maximum Gasteiger partial charge on any atom is 0.248 e. The Kier molecular flexibility index (Phi) is 3.17. The van der Waals surface area contributed by atoms with Gasteiger partial charge in [0.2, 0.25) is 5.24 Å². The van der Waals surface area contributed by atoms with Gasteiger partial charge in [0.15, 0.2) is 0 Å². The molecule has 0 saturated carbocycles. The summed E-state index contributed by atoms with van der Waals surface area (Å²) < 4.78 is 0. The molecule has 9 heavy (non-hydrogen) atoms. The van der Waals surface area contributed by atoms with Crippen LogP contribution in [0.15, 0.2) is 12.2 Å². The van der Waals surface area contributed by atoms with Crippen LogP contribution in [0.5, 0.6) is 0 Å². The Balaban J connectivity index is 3.79. The molecular formula is C6H7ClO2. The van der Waals surface area contributed by atoms with Crippen molar-refractivity contribution in [2.24, 2.45) is 0 Å². The maximum absolute atomic E-state index is 10.3. The van der Waals surface area contributed by atoms with E-state index in [0.29, 0.717) is 0 Å². The van der Waals surface area contributed by atoms with Gasteiger partial charge in [-0.15, -0.1) is 0 Å². The largest absolute Gasteiger partial charge is 0.300 e. The molecule has 0 radical (unpaired) electrons. The van der Waals surface area contributed by atoms with E-state index in [-0.39, 0.29) is 17.8 Å². The Bertz CT molecular complexity index is 160. The first-order valence-electron chi connectivity index (χ1n) is 2.41. The molecule has 0 aliphatic heterocycles. The molecule has 0 N–H and O–H groups in total. The Morgan fingerprint density at radius 1 is 1.56 bits per heavy atom. The van der Waals surface area contributed by atoms with Crippen LogP contribution >= 0.6 is 11.6 Å². The molecule has 0 aromatic rings. The SMILES string of the molecule is C=C(CC(C)=O)C(=O)Cl. The molecule has 0 amide bonds. The fourth-order valence-corrected chi connectivity index (χ4v) is 0.437. The molecule has 3 heteroatoms. The van der Waals surface area contributed by atoms with E-state index >= 15 is 0 Å². The lowest BCUT2D eigenvalue weighted by Gasteiger charge is -1.91. The van der Waals surface area contributed by atoms with Crippen molar-refractivity contribution < 1.29 is 9.59 Å². The summed E-state index contributed by atoms with van der Waals surface area (Å²) in [6.07, 6.45) is 0.0579. The summed E-state index contributed by atoms with van der Waals surface area (Å²) in [7, 11) is 0. The van der Waals surface area contributed by atoms with Crippen LogP contribution in [0.1, 0.15) is 13.3 Å². The molecule has 0 bridgehead atoms. The number of allylic oxidation sites excluding steroid dienone is 1. The topological polar surface area (TPSA) is 34.1 Å². The van der Waals surface area contributed by atoms with E-state index in [1.165, 1.54) is 6.92 Å². The minimum Gasteiger partial charge on any atom is -0.300 e. The van der Waals surface area contributed by atoms with Crippen LogP contribution in [0.2, 0.25) is 0 Å². The van der Waals surface area contributed by atoms with Crippen LogP contribution < -0.4 is 0 Å². The van der Waals surface area contributed by atoms with Gasteiger partial charge in [0, 0.05) is 12.0 Å². The van der Waals surface area contributed by atoms with E-state index < -0.39 is 5.24 Å². The second kappa shape index (κ2) is 3.41. The Morgan fingerprint density at radius 2 is 2.00 bits per heavy atom. The molecule has 0 aromatic heterocycles. The minimum atomic E-state index is -0.634. The number of rotatable bonds is 3. The summed E-state index contributed by atoms with van der Waals surface area (Å²) in [5.41, 5.74) is 0.157. The number of hydrogen-bond acceptors (Lipinski definition) is 2.